The van der Waals surface area contributed by atoms with Crippen LogP contribution >= 0.6 is 0 Å². The van der Waals surface area contributed by atoms with Crippen molar-refractivity contribution in [3.05, 3.63) is 35.6 Å². The second-order valence-corrected chi connectivity index (χ2v) is 8.96. The van der Waals surface area contributed by atoms with Crippen LogP contribution in [0.4, 0.5) is 4.39 Å². The SMILES string of the molecule is CC(C)C12C[NH+]3CC(C(C)C)(C[NH+](C1)C3c1ccc(F)cc1)C2=O. The van der Waals surface area contributed by atoms with Gasteiger partial charge in [0, 0.05) is 0 Å². The minimum absolute atomic E-state index is 0.176. The number of halogens is 1. The maximum atomic E-state index is 13.5. The number of benzene rings is 1. The van der Waals surface area contributed by atoms with Gasteiger partial charge in [-0.25, -0.2) is 4.39 Å². The fraction of sp³-hybridized carbons (Fsp3) is 0.650. The van der Waals surface area contributed by atoms with Crippen LogP contribution in [0, 0.1) is 28.5 Å². The molecule has 0 atom stereocenters. The lowest BCUT2D eigenvalue weighted by Gasteiger charge is -2.62. The predicted molar refractivity (Wildman–Crippen MR) is 90.1 cm³/mol. The normalized spacial score (nSPS) is 40.8. The summed E-state index contributed by atoms with van der Waals surface area (Å²) in [6.07, 6.45) is 0.345. The summed E-state index contributed by atoms with van der Waals surface area (Å²) in [6, 6.07) is 7.02. The smallest absolute Gasteiger partial charge is 0.240 e. The van der Waals surface area contributed by atoms with Gasteiger partial charge in [0.2, 0.25) is 6.17 Å². The van der Waals surface area contributed by atoms with E-state index in [-0.39, 0.29) is 16.6 Å². The van der Waals surface area contributed by atoms with Gasteiger partial charge in [-0.05, 0) is 36.1 Å². The molecule has 0 amide bonds. The van der Waals surface area contributed by atoms with Crippen molar-refractivity contribution in [2.24, 2.45) is 22.7 Å². The van der Waals surface area contributed by atoms with E-state index < -0.39 is 0 Å². The van der Waals surface area contributed by atoms with Crippen LogP contribution in [0.15, 0.2) is 24.3 Å². The Labute approximate surface area is 143 Å². The highest BCUT2D eigenvalue weighted by Gasteiger charge is 2.72. The van der Waals surface area contributed by atoms with Crippen LogP contribution in [0.1, 0.15) is 39.4 Å². The van der Waals surface area contributed by atoms with Gasteiger partial charge in [0.25, 0.3) is 0 Å². The molecule has 24 heavy (non-hydrogen) atoms. The molecule has 0 saturated carbocycles. The molecule has 4 heteroatoms. The Morgan fingerprint density at radius 3 is 1.71 bits per heavy atom. The Morgan fingerprint density at radius 1 is 0.917 bits per heavy atom. The molecule has 2 N–H and O–H groups in total. The summed E-state index contributed by atoms with van der Waals surface area (Å²) >= 11 is 0. The van der Waals surface area contributed by atoms with Gasteiger partial charge >= 0.3 is 0 Å². The van der Waals surface area contributed by atoms with E-state index in [1.165, 1.54) is 15.4 Å². The predicted octanol–water partition coefficient (Wildman–Crippen LogP) is 0.489. The third kappa shape index (κ3) is 1.93. The highest BCUT2D eigenvalue weighted by atomic mass is 19.1. The largest absolute Gasteiger partial charge is 0.297 e. The minimum Gasteiger partial charge on any atom is -0.297 e. The van der Waals surface area contributed by atoms with Gasteiger partial charge in [0.1, 0.15) is 42.8 Å². The Kier molecular flexibility index (Phi) is 3.46. The van der Waals surface area contributed by atoms with Crippen molar-refractivity contribution < 1.29 is 19.0 Å². The fourth-order valence-electron chi connectivity index (χ4n) is 5.85. The molecule has 4 heterocycles. The monoisotopic (exact) mass is 332 g/mol. The summed E-state index contributed by atoms with van der Waals surface area (Å²) in [4.78, 5) is 16.6. The lowest BCUT2D eigenvalue weighted by Crippen LogP contribution is -3.41. The van der Waals surface area contributed by atoms with Gasteiger partial charge in [0.05, 0.1) is 5.56 Å². The molecule has 130 valence electrons. The van der Waals surface area contributed by atoms with Gasteiger partial charge in [0.15, 0.2) is 5.78 Å². The van der Waals surface area contributed by atoms with E-state index in [1.807, 2.05) is 12.1 Å². The van der Waals surface area contributed by atoms with Gasteiger partial charge in [-0.15, -0.1) is 0 Å². The average Bonchev–Trinajstić information content (AvgIpc) is 2.52. The number of rotatable bonds is 3. The molecule has 1 aromatic rings. The highest BCUT2D eigenvalue weighted by molar-refractivity contribution is 5.92. The lowest BCUT2D eigenvalue weighted by atomic mass is 9.53. The molecule has 5 rings (SSSR count). The minimum atomic E-state index is -0.179. The van der Waals surface area contributed by atoms with Crippen molar-refractivity contribution in [1.82, 2.24) is 0 Å². The van der Waals surface area contributed by atoms with Gasteiger partial charge in [-0.3, -0.25) is 14.6 Å². The molecule has 1 aromatic carbocycles. The van der Waals surface area contributed by atoms with Gasteiger partial charge < -0.3 is 0 Å². The molecule has 0 spiro atoms. The Bertz CT molecular complexity index is 621. The summed E-state index contributed by atoms with van der Waals surface area (Å²) in [6.45, 7) is 12.6. The van der Waals surface area contributed by atoms with Gasteiger partial charge in [-0.2, -0.15) is 0 Å². The molecule has 0 aromatic heterocycles. The maximum Gasteiger partial charge on any atom is 0.240 e. The molecular formula is C20H29FN2O+2. The standard InChI is InChI=1S/C20H27FN2O/c1-13(2)19-9-22-11-20(14(3)4,18(19)24)12-23(10-19)17(22)15-5-7-16(21)8-6-15/h5-8,13-14,17H,9-12H2,1-4H3/p+2. The van der Waals surface area contributed by atoms with Crippen molar-refractivity contribution in [3.63, 3.8) is 0 Å². The third-order valence-corrected chi connectivity index (χ3v) is 7.30. The molecule has 4 aliphatic heterocycles. The molecular weight excluding hydrogens is 303 g/mol. The van der Waals surface area contributed by atoms with Crippen LogP contribution < -0.4 is 9.80 Å². The maximum absolute atomic E-state index is 13.5. The zero-order valence-corrected chi connectivity index (χ0v) is 15.2. The van der Waals surface area contributed by atoms with E-state index in [2.05, 4.69) is 27.7 Å². The summed E-state index contributed by atoms with van der Waals surface area (Å²) in [7, 11) is 0. The number of piperidine rings is 2. The summed E-state index contributed by atoms with van der Waals surface area (Å²) in [5.74, 6) is 1.11. The quantitative estimate of drug-likeness (QED) is 0.828. The summed E-state index contributed by atoms with van der Waals surface area (Å²) in [5, 5.41) is 0. The van der Waals surface area contributed by atoms with E-state index in [9.17, 15) is 9.18 Å². The van der Waals surface area contributed by atoms with Crippen molar-refractivity contribution in [1.29, 1.82) is 0 Å². The molecule has 0 aliphatic carbocycles. The van der Waals surface area contributed by atoms with Crippen molar-refractivity contribution in [2.45, 2.75) is 33.9 Å². The molecule has 0 radical (unpaired) electrons. The Morgan fingerprint density at radius 2 is 1.33 bits per heavy atom. The number of hydrogen-bond acceptors (Lipinski definition) is 1. The molecule has 4 aliphatic rings. The van der Waals surface area contributed by atoms with Crippen LogP contribution in [0.25, 0.3) is 0 Å². The van der Waals surface area contributed by atoms with Crippen molar-refractivity contribution in [3.8, 4) is 0 Å². The number of carbonyl (C=O) groups is 1. The zero-order chi connectivity index (χ0) is 17.3. The lowest BCUT2D eigenvalue weighted by molar-refractivity contribution is -1.18. The molecule has 3 nitrogen and oxygen atoms in total. The van der Waals surface area contributed by atoms with Crippen LogP contribution in [0.3, 0.4) is 0 Å². The average molecular weight is 332 g/mol. The second kappa shape index (κ2) is 5.12. The topological polar surface area (TPSA) is 26.0 Å². The number of ketones is 1. The molecule has 4 fully saturated rings. The number of nitrogens with one attached hydrogen (secondary N) is 2. The number of quaternary nitrogens is 2. The van der Waals surface area contributed by atoms with Gasteiger partial charge in [-0.1, -0.05) is 27.7 Å². The second-order valence-electron chi connectivity index (χ2n) is 8.96. The van der Waals surface area contributed by atoms with Crippen LogP contribution in [-0.2, 0) is 4.79 Å². The first kappa shape index (κ1) is 16.2. The van der Waals surface area contributed by atoms with Crippen LogP contribution in [-0.4, -0.2) is 32.0 Å². The first-order chi connectivity index (χ1) is 11.3. The van der Waals surface area contributed by atoms with E-state index in [1.54, 1.807) is 12.1 Å². The third-order valence-electron chi connectivity index (χ3n) is 7.30. The van der Waals surface area contributed by atoms with Crippen LogP contribution in [0.5, 0.6) is 0 Å². The zero-order valence-electron chi connectivity index (χ0n) is 15.2. The summed E-state index contributed by atoms with van der Waals surface area (Å²) in [5.41, 5.74) is 0.856. The molecule has 0 unspecified atom stereocenters. The highest BCUT2D eigenvalue weighted by Crippen LogP contribution is 2.44. The first-order valence-electron chi connectivity index (χ1n) is 9.30. The van der Waals surface area contributed by atoms with Crippen molar-refractivity contribution >= 4 is 5.78 Å². The number of Topliss-reactive ketones (excluding diaryl/α,β-unsaturated/α-hetero) is 1. The number of carbonyl (C=O) groups excluding carboxylic acids is 1. The van der Waals surface area contributed by atoms with E-state index in [4.69, 9.17) is 0 Å². The van der Waals surface area contributed by atoms with Crippen LogP contribution in [0.2, 0.25) is 0 Å². The molecule has 4 saturated heterocycles. The van der Waals surface area contributed by atoms with E-state index in [0.717, 1.165) is 26.2 Å². The molecule has 4 bridgehead atoms. The Hall–Kier alpha value is -1.26. The fourth-order valence-corrected chi connectivity index (χ4v) is 5.85. The van der Waals surface area contributed by atoms with E-state index >= 15 is 0 Å². The summed E-state index contributed by atoms with van der Waals surface area (Å²) < 4.78 is 13.3. The Balaban J connectivity index is 1.78. The van der Waals surface area contributed by atoms with Crippen molar-refractivity contribution in [2.75, 3.05) is 26.2 Å². The first-order valence-corrected chi connectivity index (χ1v) is 9.30. The van der Waals surface area contributed by atoms with E-state index in [0.29, 0.717) is 23.8 Å². The number of hydrogen-bond donors (Lipinski definition) is 2.